The Morgan fingerprint density at radius 2 is 1.75 bits per heavy atom. The molecule has 0 unspecified atom stereocenters. The second-order valence-electron chi connectivity index (χ2n) is 5.28. The van der Waals surface area contributed by atoms with Crippen molar-refractivity contribution in [3.05, 3.63) is 47.8 Å². The van der Waals surface area contributed by atoms with Gasteiger partial charge in [0, 0.05) is 6.20 Å². The molecular formula is C18H13NO5. The molecule has 0 aliphatic carbocycles. The summed E-state index contributed by atoms with van der Waals surface area (Å²) in [5.74, 6) is 0.457. The molecule has 1 aliphatic heterocycles. The number of benzene rings is 2. The molecule has 3 aromatic rings. The summed E-state index contributed by atoms with van der Waals surface area (Å²) in [6.45, 7) is 0. The van der Waals surface area contributed by atoms with E-state index in [1.165, 1.54) is 20.3 Å². The Morgan fingerprint density at radius 3 is 2.50 bits per heavy atom. The van der Waals surface area contributed by atoms with Gasteiger partial charge in [-0.2, -0.15) is 0 Å². The number of hydrogen-bond acceptors (Lipinski definition) is 6. The lowest BCUT2D eigenvalue weighted by Gasteiger charge is -2.14. The molecule has 2 aromatic carbocycles. The normalized spacial score (nSPS) is 12.3. The maximum absolute atomic E-state index is 12.9. The van der Waals surface area contributed by atoms with Crippen LogP contribution >= 0.6 is 0 Å². The third-order valence-corrected chi connectivity index (χ3v) is 4.05. The molecule has 6 nitrogen and oxygen atoms in total. The monoisotopic (exact) mass is 323 g/mol. The number of hydrogen-bond donors (Lipinski definition) is 1. The first-order valence-electron chi connectivity index (χ1n) is 7.24. The van der Waals surface area contributed by atoms with Crippen LogP contribution in [0.25, 0.3) is 10.8 Å². The van der Waals surface area contributed by atoms with Crippen molar-refractivity contribution < 1.29 is 24.1 Å². The zero-order valence-electron chi connectivity index (χ0n) is 13.0. The highest BCUT2D eigenvalue weighted by Crippen LogP contribution is 2.49. The van der Waals surface area contributed by atoms with E-state index in [2.05, 4.69) is 4.98 Å². The fraction of sp³-hybridized carbons (Fsp3) is 0.111. The quantitative estimate of drug-likeness (QED) is 0.610. The molecule has 0 saturated carbocycles. The zero-order chi connectivity index (χ0) is 16.8. The number of methoxy groups -OCH3 is 2. The van der Waals surface area contributed by atoms with E-state index in [0.29, 0.717) is 16.9 Å². The summed E-state index contributed by atoms with van der Waals surface area (Å²) in [5, 5.41) is 11.8. The fourth-order valence-corrected chi connectivity index (χ4v) is 2.88. The molecule has 1 aliphatic rings. The summed E-state index contributed by atoms with van der Waals surface area (Å²) in [4.78, 5) is 17.2. The lowest BCUT2D eigenvalue weighted by atomic mass is 10.0. The number of phenolic OH excluding ortho intramolecular Hbond substituents is 1. The summed E-state index contributed by atoms with van der Waals surface area (Å²) in [5.41, 5.74) is 0.469. The maximum atomic E-state index is 12.9. The van der Waals surface area contributed by atoms with E-state index >= 15 is 0 Å². The summed E-state index contributed by atoms with van der Waals surface area (Å²) >= 11 is 0. The molecule has 0 spiro atoms. The van der Waals surface area contributed by atoms with E-state index in [9.17, 15) is 9.90 Å². The second kappa shape index (κ2) is 5.13. The third-order valence-electron chi connectivity index (χ3n) is 4.05. The van der Waals surface area contributed by atoms with Crippen LogP contribution in [-0.2, 0) is 0 Å². The van der Waals surface area contributed by atoms with E-state index in [1.807, 2.05) is 6.07 Å². The minimum atomic E-state index is -0.333. The van der Waals surface area contributed by atoms with Gasteiger partial charge in [-0.25, -0.2) is 0 Å². The molecule has 4 rings (SSSR count). The lowest BCUT2D eigenvalue weighted by molar-refractivity contribution is 0.103. The number of fused-ring (bicyclic) bond motifs is 1. The maximum Gasteiger partial charge on any atom is 0.216 e. The van der Waals surface area contributed by atoms with Gasteiger partial charge < -0.3 is 19.3 Å². The van der Waals surface area contributed by atoms with Crippen molar-refractivity contribution >= 4 is 16.6 Å². The van der Waals surface area contributed by atoms with E-state index in [4.69, 9.17) is 14.2 Å². The van der Waals surface area contributed by atoms with Crippen LogP contribution in [0.15, 0.2) is 36.5 Å². The zero-order valence-corrected chi connectivity index (χ0v) is 13.0. The van der Waals surface area contributed by atoms with Crippen LogP contribution in [0.3, 0.4) is 0 Å². The predicted octanol–water partition coefficient (Wildman–Crippen LogP) is 3.29. The molecule has 1 N–H and O–H groups in total. The van der Waals surface area contributed by atoms with Crippen molar-refractivity contribution in [2.75, 3.05) is 14.2 Å². The number of aromatic hydroxyl groups is 1. The van der Waals surface area contributed by atoms with Gasteiger partial charge in [-0.1, -0.05) is 6.07 Å². The number of nitrogens with zero attached hydrogens (tertiary/aromatic N) is 1. The lowest BCUT2D eigenvalue weighted by Crippen LogP contribution is -2.04. The van der Waals surface area contributed by atoms with Crippen molar-refractivity contribution in [3.8, 4) is 28.7 Å². The van der Waals surface area contributed by atoms with Crippen LogP contribution < -0.4 is 14.2 Å². The minimum Gasteiger partial charge on any atom is -0.502 e. The number of phenols is 1. The largest absolute Gasteiger partial charge is 0.502 e. The van der Waals surface area contributed by atoms with Gasteiger partial charge in [0.25, 0.3) is 0 Å². The van der Waals surface area contributed by atoms with Gasteiger partial charge >= 0.3 is 0 Å². The number of carbonyl (C=O) groups excluding carboxylic acids is 1. The van der Waals surface area contributed by atoms with Crippen LogP contribution in [-0.4, -0.2) is 30.1 Å². The molecule has 2 heterocycles. The molecule has 0 saturated heterocycles. The number of ether oxygens (including phenoxy) is 3. The topological polar surface area (TPSA) is 77.9 Å². The van der Waals surface area contributed by atoms with E-state index in [0.717, 1.165) is 5.39 Å². The highest BCUT2D eigenvalue weighted by molar-refractivity contribution is 6.19. The Kier molecular flexibility index (Phi) is 3.06. The van der Waals surface area contributed by atoms with Gasteiger partial charge in [0.1, 0.15) is 5.69 Å². The van der Waals surface area contributed by atoms with E-state index in [1.54, 1.807) is 24.4 Å². The first kappa shape index (κ1) is 14.3. The standard InChI is InChI=1S/C18H13NO5/c1-22-11-6-4-10-15(20)14-13-9(7-8-19-14)3-5-12(23-2)18(13)24-17(10)16(11)21/h3-8,21H,1-2H3. The third kappa shape index (κ3) is 1.83. The van der Waals surface area contributed by atoms with Gasteiger partial charge in [0.15, 0.2) is 23.0 Å². The highest BCUT2D eigenvalue weighted by Gasteiger charge is 2.30. The molecule has 0 atom stereocenters. The van der Waals surface area contributed by atoms with Crippen molar-refractivity contribution in [3.63, 3.8) is 0 Å². The number of pyridine rings is 1. The number of ketones is 1. The van der Waals surface area contributed by atoms with Crippen molar-refractivity contribution in [2.45, 2.75) is 0 Å². The highest BCUT2D eigenvalue weighted by atomic mass is 16.5. The summed E-state index contributed by atoms with van der Waals surface area (Å²) in [7, 11) is 2.94. The average Bonchev–Trinajstić information content (AvgIpc) is 2.74. The van der Waals surface area contributed by atoms with Gasteiger partial charge in [0.05, 0.1) is 25.2 Å². The van der Waals surface area contributed by atoms with Crippen LogP contribution in [0, 0.1) is 0 Å². The number of rotatable bonds is 2. The molecule has 0 radical (unpaired) electrons. The molecule has 1 aromatic heterocycles. The molecule has 120 valence electrons. The summed E-state index contributed by atoms with van der Waals surface area (Å²) in [6, 6.07) is 8.43. The molecule has 0 amide bonds. The van der Waals surface area contributed by atoms with Gasteiger partial charge in [0.2, 0.25) is 11.5 Å². The smallest absolute Gasteiger partial charge is 0.216 e. The number of carbonyl (C=O) groups is 1. The molecule has 0 bridgehead atoms. The Morgan fingerprint density at radius 1 is 1.00 bits per heavy atom. The van der Waals surface area contributed by atoms with Crippen molar-refractivity contribution in [1.82, 2.24) is 4.98 Å². The minimum absolute atomic E-state index is 0.0307. The summed E-state index contributed by atoms with van der Waals surface area (Å²) in [6.07, 6.45) is 1.57. The Bertz CT molecular complexity index is 996. The first-order valence-corrected chi connectivity index (χ1v) is 7.24. The Labute approximate surface area is 137 Å². The molecule has 24 heavy (non-hydrogen) atoms. The number of aromatic nitrogens is 1. The molecule has 6 heteroatoms. The fourth-order valence-electron chi connectivity index (χ4n) is 2.88. The Balaban J connectivity index is 2.12. The average molecular weight is 323 g/mol. The van der Waals surface area contributed by atoms with Crippen LogP contribution in [0.2, 0.25) is 0 Å². The predicted molar refractivity (Wildman–Crippen MR) is 86.5 cm³/mol. The van der Waals surface area contributed by atoms with Crippen LogP contribution in [0.1, 0.15) is 16.1 Å². The summed E-state index contributed by atoms with van der Waals surface area (Å²) < 4.78 is 16.4. The van der Waals surface area contributed by atoms with Gasteiger partial charge in [-0.05, 0) is 29.7 Å². The van der Waals surface area contributed by atoms with Crippen LogP contribution in [0.4, 0.5) is 0 Å². The Hall–Kier alpha value is -3.28. The molecular weight excluding hydrogens is 310 g/mol. The second-order valence-corrected chi connectivity index (χ2v) is 5.28. The SMILES string of the molecule is COc1ccc2c(c1O)Oc1c(OC)ccc3ccnc(c13)C2=O. The van der Waals surface area contributed by atoms with Gasteiger partial charge in [-0.3, -0.25) is 9.78 Å². The van der Waals surface area contributed by atoms with Crippen molar-refractivity contribution in [2.24, 2.45) is 0 Å². The van der Waals surface area contributed by atoms with E-state index < -0.39 is 0 Å². The van der Waals surface area contributed by atoms with Gasteiger partial charge in [-0.15, -0.1) is 0 Å². The van der Waals surface area contributed by atoms with Crippen LogP contribution in [0.5, 0.6) is 28.7 Å². The molecule has 0 fully saturated rings. The first-order chi connectivity index (χ1) is 11.7. The van der Waals surface area contributed by atoms with E-state index in [-0.39, 0.29) is 34.3 Å². The van der Waals surface area contributed by atoms with Crippen molar-refractivity contribution in [1.29, 1.82) is 0 Å².